The van der Waals surface area contributed by atoms with Crippen LogP contribution in [0, 0.1) is 6.92 Å². The highest BCUT2D eigenvalue weighted by Crippen LogP contribution is 2.27. The fraction of sp³-hybridized carbons (Fsp3) is 0.200. The standard InChI is InChI=1S/C15H14ClN3OS/c1-11-4-5-13(21-11)9-19(8-12-3-2-6-20-12)15-14(16)7-17-10-18-15/h2-7,10H,8-9H2,1H3. The molecule has 0 amide bonds. The zero-order valence-electron chi connectivity index (χ0n) is 11.5. The molecule has 0 aliphatic rings. The summed E-state index contributed by atoms with van der Waals surface area (Å²) in [6, 6.07) is 8.07. The summed E-state index contributed by atoms with van der Waals surface area (Å²) in [5, 5.41) is 0.539. The number of aryl methyl sites for hydroxylation is 1. The molecule has 0 radical (unpaired) electrons. The summed E-state index contributed by atoms with van der Waals surface area (Å²) in [5.74, 6) is 1.59. The quantitative estimate of drug-likeness (QED) is 0.703. The van der Waals surface area contributed by atoms with Crippen molar-refractivity contribution in [3.8, 4) is 0 Å². The predicted octanol–water partition coefficient (Wildman–Crippen LogP) is 4.30. The molecular formula is C15H14ClN3OS. The van der Waals surface area contributed by atoms with Crippen molar-refractivity contribution in [2.45, 2.75) is 20.0 Å². The van der Waals surface area contributed by atoms with E-state index in [2.05, 4.69) is 33.9 Å². The van der Waals surface area contributed by atoms with Crippen molar-refractivity contribution < 1.29 is 4.42 Å². The molecule has 0 aromatic carbocycles. The smallest absolute Gasteiger partial charge is 0.151 e. The topological polar surface area (TPSA) is 42.2 Å². The van der Waals surface area contributed by atoms with Gasteiger partial charge in [-0.25, -0.2) is 9.97 Å². The lowest BCUT2D eigenvalue weighted by molar-refractivity contribution is 0.501. The van der Waals surface area contributed by atoms with Gasteiger partial charge in [0.15, 0.2) is 5.82 Å². The summed E-state index contributed by atoms with van der Waals surface area (Å²) in [4.78, 5) is 12.9. The van der Waals surface area contributed by atoms with Gasteiger partial charge < -0.3 is 9.32 Å². The number of thiophene rings is 1. The van der Waals surface area contributed by atoms with Crippen LogP contribution in [0.2, 0.25) is 5.02 Å². The normalized spacial score (nSPS) is 10.8. The molecule has 3 heterocycles. The molecule has 0 N–H and O–H groups in total. The third kappa shape index (κ3) is 3.43. The van der Waals surface area contributed by atoms with E-state index in [9.17, 15) is 0 Å². The fourth-order valence-electron chi connectivity index (χ4n) is 2.09. The van der Waals surface area contributed by atoms with Crippen LogP contribution < -0.4 is 4.90 Å². The van der Waals surface area contributed by atoms with E-state index in [1.807, 2.05) is 12.1 Å². The Labute approximate surface area is 132 Å². The summed E-state index contributed by atoms with van der Waals surface area (Å²) in [5.41, 5.74) is 0. The van der Waals surface area contributed by atoms with E-state index in [1.165, 1.54) is 16.1 Å². The Balaban J connectivity index is 1.88. The molecule has 0 saturated heterocycles. The largest absolute Gasteiger partial charge is 0.467 e. The van der Waals surface area contributed by atoms with Crippen LogP contribution in [0.1, 0.15) is 15.5 Å². The maximum Gasteiger partial charge on any atom is 0.151 e. The van der Waals surface area contributed by atoms with Gasteiger partial charge in [0.2, 0.25) is 0 Å². The first-order chi connectivity index (χ1) is 10.2. The monoisotopic (exact) mass is 319 g/mol. The summed E-state index contributed by atoms with van der Waals surface area (Å²) in [6.45, 7) is 3.44. The van der Waals surface area contributed by atoms with E-state index in [1.54, 1.807) is 23.8 Å². The zero-order chi connectivity index (χ0) is 14.7. The average Bonchev–Trinajstić information content (AvgIpc) is 3.11. The highest BCUT2D eigenvalue weighted by Gasteiger charge is 2.15. The van der Waals surface area contributed by atoms with Gasteiger partial charge in [-0.2, -0.15) is 0 Å². The molecule has 0 spiro atoms. The van der Waals surface area contributed by atoms with Crippen LogP contribution in [0.15, 0.2) is 47.5 Å². The molecule has 21 heavy (non-hydrogen) atoms. The third-order valence-electron chi connectivity index (χ3n) is 3.02. The number of hydrogen-bond donors (Lipinski definition) is 0. The summed E-state index contributed by atoms with van der Waals surface area (Å²) in [6.07, 6.45) is 4.79. The van der Waals surface area contributed by atoms with Crippen LogP contribution in [0.3, 0.4) is 0 Å². The van der Waals surface area contributed by atoms with Crippen molar-refractivity contribution in [1.29, 1.82) is 0 Å². The molecule has 108 valence electrons. The molecule has 4 nitrogen and oxygen atoms in total. The van der Waals surface area contributed by atoms with Gasteiger partial charge in [-0.05, 0) is 31.2 Å². The summed E-state index contributed by atoms with van der Waals surface area (Å²) in [7, 11) is 0. The molecular weight excluding hydrogens is 306 g/mol. The van der Waals surface area contributed by atoms with Crippen molar-refractivity contribution in [2.24, 2.45) is 0 Å². The van der Waals surface area contributed by atoms with Crippen molar-refractivity contribution in [1.82, 2.24) is 9.97 Å². The molecule has 6 heteroatoms. The lowest BCUT2D eigenvalue weighted by atomic mass is 10.3. The van der Waals surface area contributed by atoms with Crippen molar-refractivity contribution in [3.05, 3.63) is 63.6 Å². The van der Waals surface area contributed by atoms with Crippen molar-refractivity contribution in [2.75, 3.05) is 4.90 Å². The number of aromatic nitrogens is 2. The molecule has 3 aromatic heterocycles. The van der Waals surface area contributed by atoms with Crippen molar-refractivity contribution in [3.63, 3.8) is 0 Å². The first-order valence-electron chi connectivity index (χ1n) is 6.50. The molecule has 0 saturated carbocycles. The maximum absolute atomic E-state index is 6.24. The van der Waals surface area contributed by atoms with Gasteiger partial charge >= 0.3 is 0 Å². The fourth-order valence-corrected chi connectivity index (χ4v) is 3.22. The van der Waals surface area contributed by atoms with Crippen LogP contribution in [0.5, 0.6) is 0 Å². The van der Waals surface area contributed by atoms with Gasteiger partial charge in [0.1, 0.15) is 17.1 Å². The van der Waals surface area contributed by atoms with Crippen molar-refractivity contribution >= 4 is 28.8 Å². The minimum Gasteiger partial charge on any atom is -0.467 e. The molecule has 0 bridgehead atoms. The third-order valence-corrected chi connectivity index (χ3v) is 4.27. The van der Waals surface area contributed by atoms with Gasteiger partial charge in [-0.15, -0.1) is 11.3 Å². The number of nitrogens with zero attached hydrogens (tertiary/aromatic N) is 3. The Kier molecular flexibility index (Phi) is 4.22. The first kappa shape index (κ1) is 14.1. The number of hydrogen-bond acceptors (Lipinski definition) is 5. The summed E-state index contributed by atoms with van der Waals surface area (Å²) >= 11 is 8.01. The molecule has 0 unspecified atom stereocenters. The minimum atomic E-state index is 0.539. The van der Waals surface area contributed by atoms with Crippen LogP contribution in [-0.2, 0) is 13.1 Å². The number of halogens is 1. The number of furan rings is 1. The van der Waals surface area contributed by atoms with Gasteiger partial charge in [0.25, 0.3) is 0 Å². The SMILES string of the molecule is Cc1ccc(CN(Cc2ccco2)c2ncncc2Cl)s1. The van der Waals surface area contributed by atoms with Crippen LogP contribution >= 0.6 is 22.9 Å². The Hall–Kier alpha value is -1.85. The van der Waals surface area contributed by atoms with Gasteiger partial charge in [0, 0.05) is 9.75 Å². The van der Waals surface area contributed by atoms with Gasteiger partial charge in [0.05, 0.1) is 25.5 Å². The van der Waals surface area contributed by atoms with E-state index in [0.717, 1.165) is 12.3 Å². The average molecular weight is 320 g/mol. The number of rotatable bonds is 5. The molecule has 0 aliphatic heterocycles. The molecule has 3 aromatic rings. The second-order valence-electron chi connectivity index (χ2n) is 4.64. The summed E-state index contributed by atoms with van der Waals surface area (Å²) < 4.78 is 5.44. The maximum atomic E-state index is 6.24. The minimum absolute atomic E-state index is 0.539. The molecule has 0 fully saturated rings. The Morgan fingerprint density at radius 3 is 2.86 bits per heavy atom. The number of anilines is 1. The Bertz CT molecular complexity index is 711. The van der Waals surface area contributed by atoms with Crippen LogP contribution in [-0.4, -0.2) is 9.97 Å². The Morgan fingerprint density at radius 2 is 2.19 bits per heavy atom. The lowest BCUT2D eigenvalue weighted by Crippen LogP contribution is -2.22. The molecule has 0 aliphatic carbocycles. The van der Waals surface area contributed by atoms with E-state index in [0.29, 0.717) is 17.4 Å². The van der Waals surface area contributed by atoms with Crippen LogP contribution in [0.25, 0.3) is 0 Å². The highest BCUT2D eigenvalue weighted by molar-refractivity contribution is 7.11. The molecule has 3 rings (SSSR count). The van der Waals surface area contributed by atoms with Gasteiger partial charge in [-0.1, -0.05) is 11.6 Å². The second kappa shape index (κ2) is 6.28. The van der Waals surface area contributed by atoms with Gasteiger partial charge in [-0.3, -0.25) is 0 Å². The second-order valence-corrected chi connectivity index (χ2v) is 6.42. The Morgan fingerprint density at radius 1 is 1.29 bits per heavy atom. The van der Waals surface area contributed by atoms with E-state index < -0.39 is 0 Å². The van der Waals surface area contributed by atoms with E-state index in [4.69, 9.17) is 16.0 Å². The van der Waals surface area contributed by atoms with E-state index >= 15 is 0 Å². The zero-order valence-corrected chi connectivity index (χ0v) is 13.1. The predicted molar refractivity (Wildman–Crippen MR) is 84.7 cm³/mol. The lowest BCUT2D eigenvalue weighted by Gasteiger charge is -2.22. The van der Waals surface area contributed by atoms with Crippen LogP contribution in [0.4, 0.5) is 5.82 Å². The first-order valence-corrected chi connectivity index (χ1v) is 7.70. The van der Waals surface area contributed by atoms with E-state index in [-0.39, 0.29) is 0 Å². The molecule has 0 atom stereocenters. The highest BCUT2D eigenvalue weighted by atomic mass is 35.5.